The van der Waals surface area contributed by atoms with E-state index in [9.17, 15) is 4.79 Å². The number of hydrogen-bond acceptors (Lipinski definition) is 2. The van der Waals surface area contributed by atoms with Crippen molar-refractivity contribution < 1.29 is 4.79 Å². The van der Waals surface area contributed by atoms with Gasteiger partial charge in [0.05, 0.1) is 23.7 Å². The number of hydrogen-bond donors (Lipinski definition) is 0. The number of aryl methyl sites for hydroxylation is 1. The second-order valence-corrected chi connectivity index (χ2v) is 5.61. The zero-order valence-corrected chi connectivity index (χ0v) is 12.0. The third-order valence-corrected chi connectivity index (χ3v) is 3.95. The summed E-state index contributed by atoms with van der Waals surface area (Å²) in [5.41, 5.74) is 3.29. The van der Waals surface area contributed by atoms with E-state index in [0.717, 1.165) is 11.3 Å². The van der Waals surface area contributed by atoms with Gasteiger partial charge in [0.15, 0.2) is 0 Å². The van der Waals surface area contributed by atoms with Gasteiger partial charge < -0.3 is 4.90 Å². The quantitative estimate of drug-likeness (QED) is 0.814. The van der Waals surface area contributed by atoms with Crippen LogP contribution in [0.2, 0.25) is 0 Å². The van der Waals surface area contributed by atoms with Crippen molar-refractivity contribution in [3.8, 4) is 6.07 Å². The van der Waals surface area contributed by atoms with Gasteiger partial charge in [0, 0.05) is 6.42 Å². The highest BCUT2D eigenvalue weighted by Crippen LogP contribution is 2.37. The maximum atomic E-state index is 12.3. The second kappa shape index (κ2) is 5.05. The molecule has 1 aliphatic heterocycles. The summed E-state index contributed by atoms with van der Waals surface area (Å²) >= 11 is 0. The van der Waals surface area contributed by atoms with Crippen LogP contribution >= 0.6 is 0 Å². The van der Waals surface area contributed by atoms with Crippen LogP contribution in [0, 0.1) is 24.2 Å². The van der Waals surface area contributed by atoms with Gasteiger partial charge in [-0.15, -0.1) is 0 Å². The Morgan fingerprint density at radius 3 is 2.63 bits per heavy atom. The summed E-state index contributed by atoms with van der Waals surface area (Å²) in [7, 11) is 0. The summed E-state index contributed by atoms with van der Waals surface area (Å²) in [6.07, 6.45) is 0.337. The summed E-state index contributed by atoms with van der Waals surface area (Å²) in [5, 5.41) is 9.14. The van der Waals surface area contributed by atoms with Gasteiger partial charge >= 0.3 is 0 Å². The zero-order chi connectivity index (χ0) is 14.2. The van der Waals surface area contributed by atoms with Crippen molar-refractivity contribution in [2.75, 3.05) is 4.90 Å². The van der Waals surface area contributed by atoms with Crippen molar-refractivity contribution in [2.45, 2.75) is 46.1 Å². The topological polar surface area (TPSA) is 44.1 Å². The lowest BCUT2D eigenvalue weighted by molar-refractivity contribution is -0.117. The molecule has 1 aliphatic rings. The lowest BCUT2D eigenvalue weighted by atomic mass is 9.96. The smallest absolute Gasteiger partial charge is 0.228 e. The fraction of sp³-hybridized carbons (Fsp3) is 0.500. The van der Waals surface area contributed by atoms with Crippen molar-refractivity contribution in [3.05, 3.63) is 29.3 Å². The number of carbonyl (C=O) groups excluding carboxylic acids is 1. The molecule has 0 radical (unpaired) electrons. The molecule has 0 N–H and O–H groups in total. The molecule has 1 saturated heterocycles. The average molecular weight is 256 g/mol. The number of nitriles is 1. The average Bonchev–Trinajstić information content (AvgIpc) is 2.64. The Hall–Kier alpha value is -1.82. The van der Waals surface area contributed by atoms with Crippen molar-refractivity contribution in [3.63, 3.8) is 0 Å². The Labute approximate surface area is 114 Å². The van der Waals surface area contributed by atoms with E-state index in [0.29, 0.717) is 12.3 Å². The molecule has 1 aromatic carbocycles. The molecule has 0 spiro atoms. The minimum absolute atomic E-state index is 0.0453. The lowest BCUT2D eigenvalue weighted by Gasteiger charge is -2.28. The molecule has 19 heavy (non-hydrogen) atoms. The van der Waals surface area contributed by atoms with Gasteiger partial charge in [-0.2, -0.15) is 5.26 Å². The number of para-hydroxylation sites is 1. The van der Waals surface area contributed by atoms with E-state index >= 15 is 0 Å². The number of rotatable bonds is 2. The molecule has 1 aromatic rings. The highest BCUT2D eigenvalue weighted by Gasteiger charge is 2.39. The van der Waals surface area contributed by atoms with Crippen molar-refractivity contribution in [1.29, 1.82) is 5.26 Å². The van der Waals surface area contributed by atoms with Crippen molar-refractivity contribution >= 4 is 11.6 Å². The van der Waals surface area contributed by atoms with Crippen LogP contribution in [0.15, 0.2) is 18.2 Å². The van der Waals surface area contributed by atoms with E-state index in [2.05, 4.69) is 26.0 Å². The number of carbonyl (C=O) groups is 1. The monoisotopic (exact) mass is 256 g/mol. The first-order chi connectivity index (χ1) is 8.97. The molecule has 2 rings (SSSR count). The Morgan fingerprint density at radius 2 is 2.11 bits per heavy atom. The van der Waals surface area contributed by atoms with Gasteiger partial charge in [-0.1, -0.05) is 32.0 Å². The van der Waals surface area contributed by atoms with Crippen LogP contribution in [-0.4, -0.2) is 11.9 Å². The molecule has 2 atom stereocenters. The lowest BCUT2D eigenvalue weighted by Crippen LogP contribution is -2.34. The molecule has 2 unspecified atom stereocenters. The molecule has 1 heterocycles. The van der Waals surface area contributed by atoms with E-state index in [4.69, 9.17) is 5.26 Å². The van der Waals surface area contributed by atoms with E-state index < -0.39 is 0 Å². The van der Waals surface area contributed by atoms with Crippen LogP contribution in [0.25, 0.3) is 0 Å². The second-order valence-electron chi connectivity index (χ2n) is 5.61. The molecule has 100 valence electrons. The van der Waals surface area contributed by atoms with E-state index in [-0.39, 0.29) is 17.9 Å². The van der Waals surface area contributed by atoms with Crippen LogP contribution in [0.1, 0.15) is 44.2 Å². The van der Waals surface area contributed by atoms with Crippen LogP contribution in [0.4, 0.5) is 5.69 Å². The summed E-state index contributed by atoms with van der Waals surface area (Å²) in [4.78, 5) is 14.1. The molecule has 0 bridgehead atoms. The maximum Gasteiger partial charge on any atom is 0.228 e. The zero-order valence-electron chi connectivity index (χ0n) is 12.0. The van der Waals surface area contributed by atoms with Crippen LogP contribution < -0.4 is 4.90 Å². The molecule has 0 aromatic heterocycles. The fourth-order valence-electron chi connectivity index (χ4n) is 2.82. The van der Waals surface area contributed by atoms with E-state index in [1.54, 1.807) is 0 Å². The third-order valence-electron chi connectivity index (χ3n) is 3.95. The summed E-state index contributed by atoms with van der Waals surface area (Å²) in [6, 6.07) is 8.34. The number of amides is 1. The van der Waals surface area contributed by atoms with Gasteiger partial charge in [0.1, 0.15) is 0 Å². The Morgan fingerprint density at radius 1 is 1.42 bits per heavy atom. The predicted octanol–water partition coefficient (Wildman–Crippen LogP) is 3.38. The molecule has 3 nitrogen and oxygen atoms in total. The van der Waals surface area contributed by atoms with E-state index in [1.165, 1.54) is 5.56 Å². The number of benzene rings is 1. The minimum Gasteiger partial charge on any atom is -0.308 e. The molecule has 1 amide bonds. The third kappa shape index (κ3) is 2.23. The fourth-order valence-corrected chi connectivity index (χ4v) is 2.82. The molecule has 0 saturated carbocycles. The Balaban J connectivity index is 2.53. The molecule has 0 aliphatic carbocycles. The first kappa shape index (κ1) is 13.6. The largest absolute Gasteiger partial charge is 0.308 e. The minimum atomic E-state index is -0.202. The summed E-state index contributed by atoms with van der Waals surface area (Å²) < 4.78 is 0. The van der Waals surface area contributed by atoms with Crippen LogP contribution in [0.3, 0.4) is 0 Å². The van der Waals surface area contributed by atoms with Gasteiger partial charge in [0.25, 0.3) is 0 Å². The highest BCUT2D eigenvalue weighted by molar-refractivity contribution is 5.98. The van der Waals surface area contributed by atoms with E-state index in [1.807, 2.05) is 30.9 Å². The Bertz CT molecular complexity index is 542. The van der Waals surface area contributed by atoms with Crippen LogP contribution in [0.5, 0.6) is 0 Å². The molecule has 3 heteroatoms. The van der Waals surface area contributed by atoms with Gasteiger partial charge in [-0.25, -0.2) is 0 Å². The maximum absolute atomic E-state index is 12.3. The molecular formula is C16H20N2O. The number of anilines is 1. The number of nitrogens with zero attached hydrogens (tertiary/aromatic N) is 2. The standard InChI is InChI=1S/C16H20N2O/c1-10(2)14-7-5-6-11(3)16(14)18-12(4)13(9-17)8-15(18)19/h5-7,10,12-13H,8H2,1-4H3. The van der Waals surface area contributed by atoms with Gasteiger partial charge in [-0.3, -0.25) is 4.79 Å². The summed E-state index contributed by atoms with van der Waals surface area (Å²) in [5.74, 6) is 0.221. The van der Waals surface area contributed by atoms with Crippen molar-refractivity contribution in [1.82, 2.24) is 0 Å². The molecular weight excluding hydrogens is 236 g/mol. The van der Waals surface area contributed by atoms with Gasteiger partial charge in [-0.05, 0) is 30.9 Å². The summed E-state index contributed by atoms with van der Waals surface area (Å²) in [6.45, 7) is 8.26. The van der Waals surface area contributed by atoms with Gasteiger partial charge in [0.2, 0.25) is 5.91 Å². The molecule has 1 fully saturated rings. The van der Waals surface area contributed by atoms with Crippen molar-refractivity contribution in [2.24, 2.45) is 5.92 Å². The highest BCUT2D eigenvalue weighted by atomic mass is 16.2. The normalized spacial score (nSPS) is 22.9. The first-order valence-electron chi connectivity index (χ1n) is 6.78. The van der Waals surface area contributed by atoms with Crippen LogP contribution in [-0.2, 0) is 4.79 Å². The first-order valence-corrected chi connectivity index (χ1v) is 6.78. The predicted molar refractivity (Wildman–Crippen MR) is 75.9 cm³/mol. The SMILES string of the molecule is Cc1cccc(C(C)C)c1N1C(=O)CC(C#N)C1C. The Kier molecular flexibility index (Phi) is 3.61.